The highest BCUT2D eigenvalue weighted by atomic mass is 32.2. The number of hydrogen-bond acceptors (Lipinski definition) is 6. The first-order chi connectivity index (χ1) is 12.1. The molecule has 2 N–H and O–H groups in total. The number of thioether (sulfide) groups is 1. The van der Waals surface area contributed by atoms with Crippen molar-refractivity contribution >= 4 is 45.3 Å². The fourth-order valence-corrected chi connectivity index (χ4v) is 5.18. The van der Waals surface area contributed by atoms with Crippen molar-refractivity contribution in [1.82, 2.24) is 20.6 Å². The Kier molecular flexibility index (Phi) is 5.90. The van der Waals surface area contributed by atoms with Crippen LogP contribution in [0.25, 0.3) is 10.2 Å². The molecule has 0 saturated heterocycles. The predicted octanol–water partition coefficient (Wildman–Crippen LogP) is 3.21. The zero-order chi connectivity index (χ0) is 17.8. The molecule has 0 unspecified atom stereocenters. The van der Waals surface area contributed by atoms with Crippen LogP contribution in [0.3, 0.4) is 0 Å². The number of fused-ring (bicyclic) bond motifs is 3. The van der Waals surface area contributed by atoms with Crippen LogP contribution >= 0.6 is 23.1 Å². The zero-order valence-corrected chi connectivity index (χ0v) is 16.1. The van der Waals surface area contributed by atoms with Gasteiger partial charge in [-0.05, 0) is 44.6 Å². The third-order valence-electron chi connectivity index (χ3n) is 4.02. The fourth-order valence-electron chi connectivity index (χ4n) is 2.91. The highest BCUT2D eigenvalue weighted by Gasteiger charge is 2.21. The van der Waals surface area contributed by atoms with Crippen molar-refractivity contribution in [3.05, 3.63) is 16.3 Å². The van der Waals surface area contributed by atoms with Crippen LogP contribution in [0, 0.1) is 6.92 Å². The standard InChI is InChI=1S/C17H22N4O2S2/c1-3-8-18-17(23)21-13(22)9-24-15-14-11-6-4-5-7-12(11)25-16(14)20-10(2)19-15/h3-9H2,1-2H3,(H2,18,21,22,23). The maximum atomic E-state index is 12.0. The summed E-state index contributed by atoms with van der Waals surface area (Å²) in [7, 11) is 0. The van der Waals surface area contributed by atoms with Crippen molar-refractivity contribution in [1.29, 1.82) is 0 Å². The molecule has 0 fully saturated rings. The molecule has 0 radical (unpaired) electrons. The minimum atomic E-state index is -0.440. The molecule has 0 aliphatic heterocycles. The molecular weight excluding hydrogens is 356 g/mol. The van der Waals surface area contributed by atoms with Gasteiger partial charge in [0.25, 0.3) is 0 Å². The average molecular weight is 379 g/mol. The van der Waals surface area contributed by atoms with E-state index in [1.54, 1.807) is 11.3 Å². The Labute approximate surface area is 155 Å². The van der Waals surface area contributed by atoms with Gasteiger partial charge in [0, 0.05) is 16.8 Å². The molecule has 0 atom stereocenters. The number of nitrogens with zero attached hydrogens (tertiary/aromatic N) is 2. The number of aryl methyl sites for hydroxylation is 3. The van der Waals surface area contributed by atoms with Crippen molar-refractivity contribution in [3.63, 3.8) is 0 Å². The summed E-state index contributed by atoms with van der Waals surface area (Å²) in [5, 5.41) is 6.95. The fraction of sp³-hybridized carbons (Fsp3) is 0.529. The number of carbonyl (C=O) groups is 2. The largest absolute Gasteiger partial charge is 0.338 e. The van der Waals surface area contributed by atoms with E-state index in [0.717, 1.165) is 40.3 Å². The monoisotopic (exact) mass is 378 g/mol. The molecule has 25 heavy (non-hydrogen) atoms. The number of amides is 3. The van der Waals surface area contributed by atoms with Gasteiger partial charge in [0.2, 0.25) is 5.91 Å². The number of hydrogen-bond donors (Lipinski definition) is 2. The molecule has 3 amide bonds. The highest BCUT2D eigenvalue weighted by molar-refractivity contribution is 8.00. The van der Waals surface area contributed by atoms with E-state index in [-0.39, 0.29) is 11.7 Å². The Morgan fingerprint density at radius 2 is 2.04 bits per heavy atom. The summed E-state index contributed by atoms with van der Waals surface area (Å²) in [5.41, 5.74) is 1.36. The Hall–Kier alpha value is -1.67. The SMILES string of the molecule is CCCNC(=O)NC(=O)CSc1nc(C)nc2sc3c(c12)CCCC3. The minimum Gasteiger partial charge on any atom is -0.338 e. The third kappa shape index (κ3) is 4.30. The van der Waals surface area contributed by atoms with Gasteiger partial charge >= 0.3 is 6.03 Å². The van der Waals surface area contributed by atoms with Crippen molar-refractivity contribution in [2.45, 2.75) is 51.0 Å². The van der Waals surface area contributed by atoms with Gasteiger partial charge in [-0.25, -0.2) is 14.8 Å². The Balaban J connectivity index is 1.74. The van der Waals surface area contributed by atoms with E-state index >= 15 is 0 Å². The Morgan fingerprint density at radius 3 is 2.84 bits per heavy atom. The van der Waals surface area contributed by atoms with E-state index in [4.69, 9.17) is 0 Å². The van der Waals surface area contributed by atoms with E-state index < -0.39 is 6.03 Å². The topological polar surface area (TPSA) is 84.0 Å². The number of aromatic nitrogens is 2. The molecule has 0 aromatic carbocycles. The first-order valence-corrected chi connectivity index (χ1v) is 10.4. The van der Waals surface area contributed by atoms with Crippen LogP contribution in [0.1, 0.15) is 42.5 Å². The summed E-state index contributed by atoms with van der Waals surface area (Å²) in [5.74, 6) is 0.567. The zero-order valence-electron chi connectivity index (χ0n) is 14.5. The molecule has 8 heteroatoms. The maximum absolute atomic E-state index is 12.0. The molecule has 2 heterocycles. The molecule has 1 aliphatic rings. The molecule has 2 aromatic rings. The lowest BCUT2D eigenvalue weighted by atomic mass is 9.97. The van der Waals surface area contributed by atoms with E-state index in [1.165, 1.54) is 35.0 Å². The molecule has 0 bridgehead atoms. The van der Waals surface area contributed by atoms with Gasteiger partial charge in [-0.3, -0.25) is 10.1 Å². The average Bonchev–Trinajstić information content (AvgIpc) is 2.95. The summed E-state index contributed by atoms with van der Waals surface area (Å²) in [6, 6.07) is -0.440. The number of carbonyl (C=O) groups excluding carboxylic acids is 2. The summed E-state index contributed by atoms with van der Waals surface area (Å²) in [4.78, 5) is 35.1. The normalized spacial score (nSPS) is 13.5. The smallest absolute Gasteiger partial charge is 0.321 e. The molecular formula is C17H22N4O2S2. The third-order valence-corrected chi connectivity index (χ3v) is 6.18. The molecule has 3 rings (SSSR count). The van der Waals surface area contributed by atoms with Crippen LogP contribution in [-0.2, 0) is 17.6 Å². The summed E-state index contributed by atoms with van der Waals surface area (Å²) < 4.78 is 0. The Bertz CT molecular complexity index is 804. The van der Waals surface area contributed by atoms with Crippen LogP contribution < -0.4 is 10.6 Å². The van der Waals surface area contributed by atoms with Crippen molar-refractivity contribution in [2.75, 3.05) is 12.3 Å². The second-order valence-corrected chi connectivity index (χ2v) is 8.11. The lowest BCUT2D eigenvalue weighted by molar-refractivity contribution is -0.117. The molecule has 1 aliphatic carbocycles. The number of urea groups is 1. The van der Waals surface area contributed by atoms with Gasteiger partial charge in [0.15, 0.2) is 0 Å². The first kappa shape index (κ1) is 18.1. The van der Waals surface area contributed by atoms with Gasteiger partial charge in [0.1, 0.15) is 15.7 Å². The van der Waals surface area contributed by atoms with Crippen LogP contribution in [0.2, 0.25) is 0 Å². The summed E-state index contributed by atoms with van der Waals surface area (Å²) in [6.45, 7) is 4.39. The van der Waals surface area contributed by atoms with Gasteiger partial charge in [0.05, 0.1) is 5.75 Å². The van der Waals surface area contributed by atoms with E-state index in [1.807, 2.05) is 13.8 Å². The maximum Gasteiger partial charge on any atom is 0.321 e. The summed E-state index contributed by atoms with van der Waals surface area (Å²) in [6.07, 6.45) is 5.41. The summed E-state index contributed by atoms with van der Waals surface area (Å²) >= 11 is 3.13. The number of thiophene rings is 1. The highest BCUT2D eigenvalue weighted by Crippen LogP contribution is 2.39. The predicted molar refractivity (Wildman–Crippen MR) is 101 cm³/mol. The van der Waals surface area contributed by atoms with Gasteiger partial charge < -0.3 is 5.32 Å². The number of rotatable bonds is 5. The van der Waals surface area contributed by atoms with E-state index in [9.17, 15) is 9.59 Å². The van der Waals surface area contributed by atoms with E-state index in [0.29, 0.717) is 6.54 Å². The lowest BCUT2D eigenvalue weighted by Gasteiger charge is -2.11. The van der Waals surface area contributed by atoms with Gasteiger partial charge in [-0.1, -0.05) is 18.7 Å². The van der Waals surface area contributed by atoms with Crippen LogP contribution in [0.4, 0.5) is 4.79 Å². The second-order valence-electron chi connectivity index (χ2n) is 6.06. The molecule has 0 spiro atoms. The molecule has 6 nitrogen and oxygen atoms in total. The number of imide groups is 1. The van der Waals surface area contributed by atoms with Crippen molar-refractivity contribution < 1.29 is 9.59 Å². The van der Waals surface area contributed by atoms with Crippen LogP contribution in [0.15, 0.2) is 5.03 Å². The van der Waals surface area contributed by atoms with E-state index in [2.05, 4.69) is 20.6 Å². The Morgan fingerprint density at radius 1 is 1.24 bits per heavy atom. The minimum absolute atomic E-state index is 0.162. The number of nitrogens with one attached hydrogen (secondary N) is 2. The molecule has 0 saturated carbocycles. The van der Waals surface area contributed by atoms with Crippen molar-refractivity contribution in [3.8, 4) is 0 Å². The first-order valence-electron chi connectivity index (χ1n) is 8.58. The molecule has 134 valence electrons. The van der Waals surface area contributed by atoms with Crippen LogP contribution in [-0.4, -0.2) is 34.2 Å². The lowest BCUT2D eigenvalue weighted by Crippen LogP contribution is -2.40. The molecule has 2 aromatic heterocycles. The second kappa shape index (κ2) is 8.14. The van der Waals surface area contributed by atoms with Gasteiger partial charge in [-0.15, -0.1) is 11.3 Å². The quantitative estimate of drug-likeness (QED) is 0.616. The van der Waals surface area contributed by atoms with Gasteiger partial charge in [-0.2, -0.15) is 0 Å². The van der Waals surface area contributed by atoms with Crippen molar-refractivity contribution in [2.24, 2.45) is 0 Å². The van der Waals surface area contributed by atoms with Crippen LogP contribution in [0.5, 0.6) is 0 Å².